The van der Waals surface area contributed by atoms with E-state index in [1.54, 1.807) is 16.8 Å². The maximum absolute atomic E-state index is 12.5. The van der Waals surface area contributed by atoms with Gasteiger partial charge in [-0.3, -0.25) is 10.1 Å². The number of amides is 1. The Bertz CT molecular complexity index is 1040. The average Bonchev–Trinajstić information content (AvgIpc) is 3.28. The van der Waals surface area contributed by atoms with Crippen molar-refractivity contribution in [3.05, 3.63) is 54.1 Å². The van der Waals surface area contributed by atoms with Gasteiger partial charge in [-0.1, -0.05) is 46.9 Å². The molecule has 0 saturated heterocycles. The highest BCUT2D eigenvalue weighted by Gasteiger charge is 2.13. The first-order valence-corrected chi connectivity index (χ1v) is 8.60. The third-order valence-corrected chi connectivity index (χ3v) is 4.63. The smallest absolute Gasteiger partial charge is 0.257 e. The molecule has 4 rings (SSSR count). The van der Waals surface area contributed by atoms with E-state index in [2.05, 4.69) is 25.8 Å². The molecule has 25 heavy (non-hydrogen) atoms. The van der Waals surface area contributed by atoms with Crippen molar-refractivity contribution >= 4 is 33.4 Å². The molecule has 8 heteroatoms. The minimum atomic E-state index is -0.247. The highest BCUT2D eigenvalue weighted by atomic mass is 32.1. The Kier molecular flexibility index (Phi) is 3.95. The Morgan fingerprint density at radius 1 is 1.12 bits per heavy atom. The van der Waals surface area contributed by atoms with Crippen molar-refractivity contribution < 1.29 is 4.79 Å². The van der Waals surface area contributed by atoms with Gasteiger partial charge in [-0.05, 0) is 25.1 Å². The molecule has 0 bridgehead atoms. The molecule has 2 heterocycles. The Morgan fingerprint density at radius 3 is 2.76 bits per heavy atom. The van der Waals surface area contributed by atoms with Gasteiger partial charge in [0.2, 0.25) is 5.13 Å². The summed E-state index contributed by atoms with van der Waals surface area (Å²) in [5, 5.41) is 20.3. The molecule has 7 nitrogen and oxygen atoms in total. The maximum atomic E-state index is 12.5. The van der Waals surface area contributed by atoms with Crippen LogP contribution in [0.1, 0.15) is 17.3 Å². The summed E-state index contributed by atoms with van der Waals surface area (Å²) >= 11 is 1.33. The second-order valence-corrected chi connectivity index (χ2v) is 6.32. The third kappa shape index (κ3) is 2.99. The fraction of sp³-hybridized carbons (Fsp3) is 0.118. The molecule has 0 unspecified atom stereocenters. The van der Waals surface area contributed by atoms with Crippen LogP contribution in [-0.2, 0) is 6.54 Å². The van der Waals surface area contributed by atoms with Crippen molar-refractivity contribution in [1.29, 1.82) is 0 Å². The van der Waals surface area contributed by atoms with Crippen molar-refractivity contribution in [2.45, 2.75) is 13.5 Å². The second kappa shape index (κ2) is 6.40. The summed E-state index contributed by atoms with van der Waals surface area (Å²) in [5.74, 6) is -0.247. The molecule has 0 spiro atoms. The Hall–Kier alpha value is -3.13. The molecule has 4 aromatic rings. The lowest BCUT2D eigenvalue weighted by molar-refractivity contribution is 0.102. The zero-order valence-electron chi connectivity index (χ0n) is 13.4. The standard InChI is InChI=1S/C17H14N6OS/c1-2-23-14-9-8-12(10-13(14)19-22-23)15(24)18-17-21-20-16(25-17)11-6-4-3-5-7-11/h3-10H,2H2,1H3,(H,18,21,24). The predicted molar refractivity (Wildman–Crippen MR) is 96.5 cm³/mol. The molecular weight excluding hydrogens is 336 g/mol. The van der Waals surface area contributed by atoms with Crippen molar-refractivity contribution in [1.82, 2.24) is 25.2 Å². The summed E-state index contributed by atoms with van der Waals surface area (Å²) in [6.45, 7) is 2.73. The molecule has 2 aromatic carbocycles. The lowest BCUT2D eigenvalue weighted by Crippen LogP contribution is -2.11. The van der Waals surface area contributed by atoms with Gasteiger partial charge >= 0.3 is 0 Å². The van der Waals surface area contributed by atoms with Crippen LogP contribution in [0.15, 0.2) is 48.5 Å². The van der Waals surface area contributed by atoms with Crippen LogP contribution in [0.25, 0.3) is 21.6 Å². The van der Waals surface area contributed by atoms with Gasteiger partial charge in [-0.25, -0.2) is 4.68 Å². The van der Waals surface area contributed by atoms with Crippen LogP contribution in [0.2, 0.25) is 0 Å². The lowest BCUT2D eigenvalue weighted by atomic mass is 10.2. The second-order valence-electron chi connectivity index (χ2n) is 5.34. The number of carbonyl (C=O) groups excluding carboxylic acids is 1. The van der Waals surface area contributed by atoms with E-state index in [1.807, 2.05) is 43.3 Å². The number of hydrogen-bond donors (Lipinski definition) is 1. The molecule has 0 aliphatic rings. The number of nitrogens with zero attached hydrogens (tertiary/aromatic N) is 5. The molecule has 2 aromatic heterocycles. The van der Waals surface area contributed by atoms with Crippen molar-refractivity contribution in [2.24, 2.45) is 0 Å². The van der Waals surface area contributed by atoms with Crippen LogP contribution >= 0.6 is 11.3 Å². The molecule has 1 amide bonds. The molecule has 0 fully saturated rings. The van der Waals surface area contributed by atoms with Crippen LogP contribution < -0.4 is 5.32 Å². The minimum absolute atomic E-state index is 0.247. The van der Waals surface area contributed by atoms with Crippen LogP contribution in [0.4, 0.5) is 5.13 Å². The van der Waals surface area contributed by atoms with E-state index in [0.717, 1.165) is 22.6 Å². The quantitative estimate of drug-likeness (QED) is 0.611. The van der Waals surface area contributed by atoms with Gasteiger partial charge in [0, 0.05) is 17.7 Å². The van der Waals surface area contributed by atoms with Gasteiger partial charge in [0.15, 0.2) is 0 Å². The molecular formula is C17H14N6OS. The average molecular weight is 350 g/mol. The van der Waals surface area contributed by atoms with E-state index in [9.17, 15) is 4.79 Å². The maximum Gasteiger partial charge on any atom is 0.257 e. The highest BCUT2D eigenvalue weighted by molar-refractivity contribution is 7.18. The number of fused-ring (bicyclic) bond motifs is 1. The number of carbonyl (C=O) groups is 1. The minimum Gasteiger partial charge on any atom is -0.296 e. The third-order valence-electron chi connectivity index (χ3n) is 3.74. The van der Waals surface area contributed by atoms with Crippen LogP contribution in [0, 0.1) is 0 Å². The Morgan fingerprint density at radius 2 is 1.96 bits per heavy atom. The summed E-state index contributed by atoms with van der Waals surface area (Å²) in [4.78, 5) is 12.5. The predicted octanol–water partition coefficient (Wildman–Crippen LogP) is 3.22. The fourth-order valence-corrected chi connectivity index (χ4v) is 3.23. The number of anilines is 1. The fourth-order valence-electron chi connectivity index (χ4n) is 2.49. The number of aryl methyl sites for hydroxylation is 1. The van der Waals surface area contributed by atoms with E-state index < -0.39 is 0 Å². The molecule has 0 saturated carbocycles. The first kappa shape index (κ1) is 15.4. The van der Waals surface area contributed by atoms with Gasteiger partial charge < -0.3 is 0 Å². The lowest BCUT2D eigenvalue weighted by Gasteiger charge is -2.01. The molecule has 0 atom stereocenters. The van der Waals surface area contributed by atoms with E-state index in [1.165, 1.54) is 11.3 Å². The van der Waals surface area contributed by atoms with Gasteiger partial charge in [0.25, 0.3) is 5.91 Å². The van der Waals surface area contributed by atoms with E-state index in [0.29, 0.717) is 16.2 Å². The molecule has 1 N–H and O–H groups in total. The first-order valence-electron chi connectivity index (χ1n) is 7.78. The van der Waals surface area contributed by atoms with Crippen molar-refractivity contribution in [3.8, 4) is 10.6 Å². The molecule has 124 valence electrons. The monoisotopic (exact) mass is 350 g/mol. The van der Waals surface area contributed by atoms with Gasteiger partial charge in [0.05, 0.1) is 5.52 Å². The largest absolute Gasteiger partial charge is 0.296 e. The molecule has 0 aliphatic heterocycles. The van der Waals surface area contributed by atoms with Crippen molar-refractivity contribution in [2.75, 3.05) is 5.32 Å². The Labute approximate surface area is 147 Å². The Balaban J connectivity index is 1.55. The zero-order valence-corrected chi connectivity index (χ0v) is 14.2. The zero-order chi connectivity index (χ0) is 17.2. The number of rotatable bonds is 4. The summed E-state index contributed by atoms with van der Waals surface area (Å²) < 4.78 is 1.79. The van der Waals surface area contributed by atoms with Crippen molar-refractivity contribution in [3.63, 3.8) is 0 Å². The van der Waals surface area contributed by atoms with Crippen LogP contribution in [0.3, 0.4) is 0 Å². The summed E-state index contributed by atoms with van der Waals surface area (Å²) in [6, 6.07) is 15.1. The van der Waals surface area contributed by atoms with Gasteiger partial charge in [0.1, 0.15) is 10.5 Å². The van der Waals surface area contributed by atoms with Gasteiger partial charge in [-0.15, -0.1) is 15.3 Å². The molecule has 0 aliphatic carbocycles. The van der Waals surface area contributed by atoms with E-state index in [-0.39, 0.29) is 5.91 Å². The summed E-state index contributed by atoms with van der Waals surface area (Å²) in [6.07, 6.45) is 0. The number of nitrogens with one attached hydrogen (secondary N) is 1. The van der Waals surface area contributed by atoms with Crippen LogP contribution in [-0.4, -0.2) is 31.1 Å². The summed E-state index contributed by atoms with van der Waals surface area (Å²) in [5.41, 5.74) is 3.07. The number of benzene rings is 2. The number of hydrogen-bond acceptors (Lipinski definition) is 6. The molecule has 0 radical (unpaired) electrons. The van der Waals surface area contributed by atoms with E-state index >= 15 is 0 Å². The highest BCUT2D eigenvalue weighted by Crippen LogP contribution is 2.26. The summed E-state index contributed by atoms with van der Waals surface area (Å²) in [7, 11) is 0. The SMILES string of the molecule is CCn1nnc2cc(C(=O)Nc3nnc(-c4ccccc4)s3)ccc21. The van der Waals surface area contributed by atoms with Crippen LogP contribution in [0.5, 0.6) is 0 Å². The normalized spacial score (nSPS) is 10.9. The van der Waals surface area contributed by atoms with Gasteiger partial charge in [-0.2, -0.15) is 0 Å². The van der Waals surface area contributed by atoms with E-state index in [4.69, 9.17) is 0 Å². The number of aromatic nitrogens is 5. The topological polar surface area (TPSA) is 85.6 Å². The first-order chi connectivity index (χ1) is 12.2.